The third-order valence-electron chi connectivity index (χ3n) is 2.34. The number of halogens is 1. The van der Waals surface area contributed by atoms with Crippen molar-refractivity contribution in [2.45, 2.75) is 5.88 Å². The molecule has 0 saturated carbocycles. The van der Waals surface area contributed by atoms with Crippen LogP contribution in [0.1, 0.15) is 16.3 Å². The van der Waals surface area contributed by atoms with Gasteiger partial charge in [0.2, 0.25) is 0 Å². The molecule has 2 aromatic rings. The van der Waals surface area contributed by atoms with E-state index in [4.69, 9.17) is 20.8 Å². The van der Waals surface area contributed by atoms with Crippen molar-refractivity contribution in [2.75, 3.05) is 12.4 Å². The van der Waals surface area contributed by atoms with Crippen LogP contribution in [0, 0.1) is 0 Å². The number of benzene rings is 1. The van der Waals surface area contributed by atoms with Crippen molar-refractivity contribution in [3.63, 3.8) is 0 Å². The maximum Gasteiger partial charge on any atom is 0.291 e. The van der Waals surface area contributed by atoms with E-state index in [0.717, 1.165) is 0 Å². The van der Waals surface area contributed by atoms with Crippen molar-refractivity contribution in [1.82, 2.24) is 0 Å². The highest BCUT2D eigenvalue weighted by Crippen LogP contribution is 2.18. The van der Waals surface area contributed by atoms with E-state index in [1.807, 2.05) is 0 Å². The van der Waals surface area contributed by atoms with Crippen LogP contribution in [-0.2, 0) is 5.88 Å². The Balaban J connectivity index is 2.10. The topological polar surface area (TPSA) is 51.5 Å². The SMILES string of the molecule is COc1cccc(NC(=O)c2ccc(CCl)o2)c1. The Morgan fingerprint density at radius 3 is 2.89 bits per heavy atom. The van der Waals surface area contributed by atoms with E-state index < -0.39 is 0 Å². The van der Waals surface area contributed by atoms with Crippen LogP contribution in [0.25, 0.3) is 0 Å². The first-order valence-corrected chi connectivity index (χ1v) is 5.86. The van der Waals surface area contributed by atoms with E-state index in [2.05, 4.69) is 5.32 Å². The number of furan rings is 1. The molecule has 0 aliphatic heterocycles. The summed E-state index contributed by atoms with van der Waals surface area (Å²) in [5.41, 5.74) is 0.642. The van der Waals surface area contributed by atoms with Crippen LogP contribution in [0.15, 0.2) is 40.8 Å². The Kier molecular flexibility index (Phi) is 3.89. The van der Waals surface area contributed by atoms with Crippen LogP contribution in [0.4, 0.5) is 5.69 Å². The van der Waals surface area contributed by atoms with Crippen LogP contribution in [0.2, 0.25) is 0 Å². The van der Waals surface area contributed by atoms with Gasteiger partial charge in [-0.05, 0) is 24.3 Å². The van der Waals surface area contributed by atoms with Crippen LogP contribution in [0.5, 0.6) is 5.75 Å². The van der Waals surface area contributed by atoms with Crippen molar-refractivity contribution in [3.05, 3.63) is 47.9 Å². The number of carbonyl (C=O) groups is 1. The minimum Gasteiger partial charge on any atom is -0.497 e. The zero-order chi connectivity index (χ0) is 13.0. The fourth-order valence-electron chi connectivity index (χ4n) is 1.47. The summed E-state index contributed by atoms with van der Waals surface area (Å²) in [5.74, 6) is 1.39. The summed E-state index contributed by atoms with van der Waals surface area (Å²) in [5, 5.41) is 2.71. The number of methoxy groups -OCH3 is 1. The fraction of sp³-hybridized carbons (Fsp3) is 0.154. The summed E-state index contributed by atoms with van der Waals surface area (Å²) < 4.78 is 10.3. The van der Waals surface area contributed by atoms with E-state index in [-0.39, 0.29) is 17.5 Å². The number of ether oxygens (including phenoxy) is 1. The minimum absolute atomic E-state index is 0.230. The van der Waals surface area contributed by atoms with Gasteiger partial charge < -0.3 is 14.5 Å². The van der Waals surface area contributed by atoms with Gasteiger partial charge in [-0.25, -0.2) is 0 Å². The molecule has 2 rings (SSSR count). The highest BCUT2D eigenvalue weighted by atomic mass is 35.5. The number of rotatable bonds is 4. The summed E-state index contributed by atoms with van der Waals surface area (Å²) >= 11 is 5.60. The van der Waals surface area contributed by atoms with E-state index in [1.165, 1.54) is 0 Å². The monoisotopic (exact) mass is 265 g/mol. The molecule has 0 radical (unpaired) electrons. The number of alkyl halides is 1. The molecule has 0 saturated heterocycles. The molecule has 18 heavy (non-hydrogen) atoms. The molecule has 0 spiro atoms. The van der Waals surface area contributed by atoms with Gasteiger partial charge in [0, 0.05) is 11.8 Å². The Bertz CT molecular complexity index is 551. The molecule has 1 amide bonds. The summed E-state index contributed by atoms with van der Waals surface area (Å²) in [6.45, 7) is 0. The lowest BCUT2D eigenvalue weighted by atomic mass is 10.3. The molecule has 94 valence electrons. The predicted octanol–water partition coefficient (Wildman–Crippen LogP) is 3.28. The van der Waals surface area contributed by atoms with Gasteiger partial charge in [-0.2, -0.15) is 0 Å². The average Bonchev–Trinajstić information content (AvgIpc) is 2.88. The number of nitrogens with one attached hydrogen (secondary N) is 1. The fourth-order valence-corrected chi connectivity index (χ4v) is 1.61. The zero-order valence-electron chi connectivity index (χ0n) is 9.77. The molecule has 4 nitrogen and oxygen atoms in total. The maximum atomic E-state index is 11.9. The van der Waals surface area contributed by atoms with Gasteiger partial charge in [0.25, 0.3) is 5.91 Å². The van der Waals surface area contributed by atoms with Gasteiger partial charge in [-0.1, -0.05) is 6.07 Å². The lowest BCUT2D eigenvalue weighted by Gasteiger charge is -2.05. The molecule has 5 heteroatoms. The standard InChI is InChI=1S/C13H12ClNO3/c1-17-10-4-2-3-9(7-10)15-13(16)12-6-5-11(8-14)18-12/h2-7H,8H2,1H3,(H,15,16). The van der Waals surface area contributed by atoms with Crippen molar-refractivity contribution in [1.29, 1.82) is 0 Å². The largest absolute Gasteiger partial charge is 0.497 e. The van der Waals surface area contributed by atoms with Crippen molar-refractivity contribution < 1.29 is 13.9 Å². The predicted molar refractivity (Wildman–Crippen MR) is 69.2 cm³/mol. The highest BCUT2D eigenvalue weighted by Gasteiger charge is 2.11. The van der Waals surface area contributed by atoms with Gasteiger partial charge in [-0.15, -0.1) is 11.6 Å². The summed E-state index contributed by atoms with van der Waals surface area (Å²) in [7, 11) is 1.57. The zero-order valence-corrected chi connectivity index (χ0v) is 10.5. The smallest absolute Gasteiger partial charge is 0.291 e. The second kappa shape index (κ2) is 5.60. The van der Waals surface area contributed by atoms with Gasteiger partial charge in [0.1, 0.15) is 11.5 Å². The average molecular weight is 266 g/mol. The molecule has 0 fully saturated rings. The third-order valence-corrected chi connectivity index (χ3v) is 2.61. The van der Waals surface area contributed by atoms with Gasteiger partial charge in [-0.3, -0.25) is 4.79 Å². The lowest BCUT2D eigenvalue weighted by molar-refractivity contribution is 0.0995. The van der Waals surface area contributed by atoms with Gasteiger partial charge >= 0.3 is 0 Å². The normalized spacial score (nSPS) is 10.1. The molecule has 1 N–H and O–H groups in total. The third kappa shape index (κ3) is 2.84. The van der Waals surface area contributed by atoms with Crippen LogP contribution < -0.4 is 10.1 Å². The lowest BCUT2D eigenvalue weighted by Crippen LogP contribution is -2.10. The number of carbonyl (C=O) groups excluding carboxylic acids is 1. The molecular weight excluding hydrogens is 254 g/mol. The second-order valence-corrected chi connectivity index (χ2v) is 3.85. The summed E-state index contributed by atoms with van der Waals surface area (Å²) in [4.78, 5) is 11.9. The van der Waals surface area contributed by atoms with E-state index in [1.54, 1.807) is 43.5 Å². The first-order chi connectivity index (χ1) is 8.72. The van der Waals surface area contributed by atoms with Crippen LogP contribution in [-0.4, -0.2) is 13.0 Å². The van der Waals surface area contributed by atoms with Gasteiger partial charge in [0.15, 0.2) is 5.76 Å². The molecule has 0 unspecified atom stereocenters. The molecule has 0 aliphatic rings. The first kappa shape index (κ1) is 12.5. The van der Waals surface area contributed by atoms with Crippen molar-refractivity contribution in [3.8, 4) is 5.75 Å². The van der Waals surface area contributed by atoms with E-state index in [9.17, 15) is 4.79 Å². The summed E-state index contributed by atoms with van der Waals surface area (Å²) in [6, 6.07) is 10.4. The Morgan fingerprint density at radius 1 is 1.39 bits per heavy atom. The van der Waals surface area contributed by atoms with Crippen LogP contribution in [0.3, 0.4) is 0 Å². The minimum atomic E-state index is -0.320. The van der Waals surface area contributed by atoms with Crippen molar-refractivity contribution >= 4 is 23.2 Å². The molecule has 0 bridgehead atoms. The molecular formula is C13H12ClNO3. The van der Waals surface area contributed by atoms with Crippen molar-refractivity contribution in [2.24, 2.45) is 0 Å². The number of hydrogen-bond donors (Lipinski definition) is 1. The Hall–Kier alpha value is -1.94. The van der Waals surface area contributed by atoms with E-state index in [0.29, 0.717) is 17.2 Å². The first-order valence-electron chi connectivity index (χ1n) is 5.33. The quantitative estimate of drug-likeness (QED) is 0.863. The van der Waals surface area contributed by atoms with E-state index >= 15 is 0 Å². The molecule has 1 aromatic carbocycles. The number of hydrogen-bond acceptors (Lipinski definition) is 3. The number of anilines is 1. The molecule has 0 aliphatic carbocycles. The van der Waals surface area contributed by atoms with Gasteiger partial charge in [0.05, 0.1) is 13.0 Å². The summed E-state index contributed by atoms with van der Waals surface area (Å²) in [6.07, 6.45) is 0. The number of amides is 1. The second-order valence-electron chi connectivity index (χ2n) is 3.59. The Morgan fingerprint density at radius 2 is 2.22 bits per heavy atom. The molecule has 1 heterocycles. The molecule has 0 atom stereocenters. The van der Waals surface area contributed by atoms with Crippen LogP contribution >= 0.6 is 11.6 Å². The highest BCUT2D eigenvalue weighted by molar-refractivity contribution is 6.16. The molecule has 1 aromatic heterocycles. The maximum absolute atomic E-state index is 11.9. The Labute approximate surface area is 110 Å².